The minimum Gasteiger partial charge on any atom is -0.496 e. The van der Waals surface area contributed by atoms with E-state index in [1.165, 1.54) is 19.2 Å². The summed E-state index contributed by atoms with van der Waals surface area (Å²) >= 11 is 1.96. The molecule has 0 aliphatic carbocycles. The third-order valence-electron chi connectivity index (χ3n) is 2.64. The molecule has 0 aromatic heterocycles. The van der Waals surface area contributed by atoms with Crippen LogP contribution in [0.1, 0.15) is 15.9 Å². The average molecular weight is 392 g/mol. The first-order valence-electron chi connectivity index (χ1n) is 5.47. The van der Waals surface area contributed by atoms with Gasteiger partial charge in [0.15, 0.2) is 0 Å². The maximum absolute atomic E-state index is 13.6. The molecule has 2 aromatic rings. The number of carbonyl (C=O) groups is 1. The average Bonchev–Trinajstić information content (AvgIpc) is 2.37. The number of ether oxygens (including phenoxy) is 1. The number of rotatable bonds is 3. The molecule has 0 aliphatic rings. The Kier molecular flexibility index (Phi) is 4.32. The van der Waals surface area contributed by atoms with Crippen LogP contribution in [0.15, 0.2) is 30.3 Å². The van der Waals surface area contributed by atoms with Crippen LogP contribution in [0, 0.1) is 21.0 Å². The normalized spacial score (nSPS) is 10.4. The van der Waals surface area contributed by atoms with Gasteiger partial charge in [-0.05, 0) is 40.8 Å². The van der Waals surface area contributed by atoms with Crippen molar-refractivity contribution in [3.8, 4) is 5.75 Å². The van der Waals surface area contributed by atoms with Gasteiger partial charge in [-0.2, -0.15) is 0 Å². The van der Waals surface area contributed by atoms with Crippen molar-refractivity contribution in [3.63, 3.8) is 0 Å². The van der Waals surface area contributed by atoms with Gasteiger partial charge in [0.25, 0.3) is 0 Å². The summed E-state index contributed by atoms with van der Waals surface area (Å²) in [7, 11) is 1.34. The van der Waals surface area contributed by atoms with Crippen LogP contribution >= 0.6 is 22.6 Å². The van der Waals surface area contributed by atoms with Crippen LogP contribution in [0.4, 0.5) is 13.2 Å². The number of ketones is 1. The van der Waals surface area contributed by atoms with E-state index in [0.29, 0.717) is 15.7 Å². The number of methoxy groups -OCH3 is 1. The van der Waals surface area contributed by atoms with E-state index in [4.69, 9.17) is 4.74 Å². The summed E-state index contributed by atoms with van der Waals surface area (Å²) in [5, 5.41) is 0. The largest absolute Gasteiger partial charge is 0.496 e. The van der Waals surface area contributed by atoms with E-state index in [1.54, 1.807) is 6.07 Å². The quantitative estimate of drug-likeness (QED) is 0.584. The fourth-order valence-corrected chi connectivity index (χ4v) is 2.24. The first kappa shape index (κ1) is 14.8. The highest BCUT2D eigenvalue weighted by molar-refractivity contribution is 14.1. The zero-order valence-electron chi connectivity index (χ0n) is 10.2. The van der Waals surface area contributed by atoms with Crippen molar-refractivity contribution in [1.29, 1.82) is 0 Å². The highest BCUT2D eigenvalue weighted by atomic mass is 127. The van der Waals surface area contributed by atoms with E-state index in [-0.39, 0.29) is 11.3 Å². The van der Waals surface area contributed by atoms with Gasteiger partial charge in [-0.25, -0.2) is 13.2 Å². The van der Waals surface area contributed by atoms with Gasteiger partial charge in [0.05, 0.1) is 18.2 Å². The Bertz CT molecular complexity index is 663. The lowest BCUT2D eigenvalue weighted by Gasteiger charge is -2.09. The predicted molar refractivity (Wildman–Crippen MR) is 75.5 cm³/mol. The van der Waals surface area contributed by atoms with Crippen molar-refractivity contribution in [2.45, 2.75) is 0 Å². The Morgan fingerprint density at radius 1 is 1.10 bits per heavy atom. The predicted octanol–water partition coefficient (Wildman–Crippen LogP) is 3.95. The van der Waals surface area contributed by atoms with Crippen LogP contribution in [0.2, 0.25) is 0 Å². The molecule has 0 amide bonds. The summed E-state index contributed by atoms with van der Waals surface area (Å²) < 4.78 is 45.9. The lowest BCUT2D eigenvalue weighted by atomic mass is 10.0. The second kappa shape index (κ2) is 5.82. The smallest absolute Gasteiger partial charge is 0.202 e. The standard InChI is InChI=1S/C14H8F3IO2/c1-20-12-3-2-8(18)6-9(12)14(19)13-10(16)4-7(15)5-11(13)17/h2-6H,1H3. The van der Waals surface area contributed by atoms with Gasteiger partial charge in [0.1, 0.15) is 23.2 Å². The molecule has 0 aliphatic heterocycles. The van der Waals surface area contributed by atoms with E-state index in [2.05, 4.69) is 0 Å². The van der Waals surface area contributed by atoms with Gasteiger partial charge in [-0.15, -0.1) is 0 Å². The topological polar surface area (TPSA) is 26.3 Å². The molecule has 0 radical (unpaired) electrons. The fourth-order valence-electron chi connectivity index (χ4n) is 1.75. The van der Waals surface area contributed by atoms with E-state index >= 15 is 0 Å². The lowest BCUT2D eigenvalue weighted by Crippen LogP contribution is -2.10. The second-order valence-corrected chi connectivity index (χ2v) is 5.16. The molecule has 6 heteroatoms. The summed E-state index contributed by atoms with van der Waals surface area (Å²) in [5.74, 6) is -4.26. The van der Waals surface area contributed by atoms with Gasteiger partial charge in [0, 0.05) is 15.7 Å². The number of benzene rings is 2. The van der Waals surface area contributed by atoms with E-state index in [1.807, 2.05) is 22.6 Å². The van der Waals surface area contributed by atoms with Gasteiger partial charge < -0.3 is 4.74 Å². The molecule has 2 nitrogen and oxygen atoms in total. The third-order valence-corrected chi connectivity index (χ3v) is 3.31. The van der Waals surface area contributed by atoms with Crippen molar-refractivity contribution in [2.24, 2.45) is 0 Å². The number of hydrogen-bond donors (Lipinski definition) is 0. The summed E-state index contributed by atoms with van der Waals surface area (Å²) in [6, 6.07) is 5.60. The second-order valence-electron chi connectivity index (χ2n) is 3.92. The molecule has 2 aromatic carbocycles. The molecule has 0 saturated heterocycles. The minimum atomic E-state index is -1.24. The summed E-state index contributed by atoms with van der Waals surface area (Å²) in [5.41, 5.74) is -0.782. The van der Waals surface area contributed by atoms with Crippen molar-refractivity contribution >= 4 is 28.4 Å². The molecular formula is C14H8F3IO2. The van der Waals surface area contributed by atoms with Crippen LogP contribution < -0.4 is 4.74 Å². The zero-order valence-corrected chi connectivity index (χ0v) is 12.4. The Balaban J connectivity index is 2.60. The molecule has 0 spiro atoms. The summed E-state index contributed by atoms with van der Waals surface area (Å²) in [4.78, 5) is 12.2. The van der Waals surface area contributed by atoms with Crippen LogP contribution in [0.25, 0.3) is 0 Å². The van der Waals surface area contributed by atoms with Crippen LogP contribution in [0.5, 0.6) is 5.75 Å². The van der Waals surface area contributed by atoms with Gasteiger partial charge in [0.2, 0.25) is 5.78 Å². The fraction of sp³-hybridized carbons (Fsp3) is 0.0714. The van der Waals surface area contributed by atoms with Crippen LogP contribution in [-0.2, 0) is 0 Å². The Morgan fingerprint density at radius 3 is 2.25 bits per heavy atom. The maximum Gasteiger partial charge on any atom is 0.202 e. The molecule has 0 bridgehead atoms. The molecule has 0 fully saturated rings. The SMILES string of the molecule is COc1ccc(I)cc1C(=O)c1c(F)cc(F)cc1F. The molecule has 0 atom stereocenters. The number of halogens is 4. The van der Waals surface area contributed by atoms with Crippen molar-refractivity contribution < 1.29 is 22.7 Å². The Labute approximate surface area is 126 Å². The van der Waals surface area contributed by atoms with E-state index < -0.39 is 28.8 Å². The van der Waals surface area contributed by atoms with Crippen LogP contribution in [0.3, 0.4) is 0 Å². The number of carbonyl (C=O) groups excluding carboxylic acids is 1. The summed E-state index contributed by atoms with van der Waals surface area (Å²) in [6.07, 6.45) is 0. The highest BCUT2D eigenvalue weighted by Gasteiger charge is 2.23. The minimum absolute atomic E-state index is 0.0174. The lowest BCUT2D eigenvalue weighted by molar-refractivity contribution is 0.102. The molecule has 0 saturated carbocycles. The first-order chi connectivity index (χ1) is 9.43. The highest BCUT2D eigenvalue weighted by Crippen LogP contribution is 2.26. The van der Waals surface area contributed by atoms with Crippen molar-refractivity contribution in [1.82, 2.24) is 0 Å². The van der Waals surface area contributed by atoms with Gasteiger partial charge in [-0.1, -0.05) is 0 Å². The maximum atomic E-state index is 13.6. The molecule has 0 unspecified atom stereocenters. The van der Waals surface area contributed by atoms with Gasteiger partial charge in [-0.3, -0.25) is 4.79 Å². The van der Waals surface area contributed by atoms with Crippen LogP contribution in [-0.4, -0.2) is 12.9 Å². The molecular weight excluding hydrogens is 384 g/mol. The van der Waals surface area contributed by atoms with E-state index in [0.717, 1.165) is 0 Å². The van der Waals surface area contributed by atoms with E-state index in [9.17, 15) is 18.0 Å². The van der Waals surface area contributed by atoms with Crippen molar-refractivity contribution in [2.75, 3.05) is 7.11 Å². The molecule has 0 N–H and O–H groups in total. The molecule has 20 heavy (non-hydrogen) atoms. The Morgan fingerprint density at radius 2 is 1.70 bits per heavy atom. The molecule has 104 valence electrons. The molecule has 0 heterocycles. The Hall–Kier alpha value is -1.57. The zero-order chi connectivity index (χ0) is 14.9. The van der Waals surface area contributed by atoms with Crippen molar-refractivity contribution in [3.05, 3.63) is 62.5 Å². The summed E-state index contributed by atoms with van der Waals surface area (Å²) in [6.45, 7) is 0. The third kappa shape index (κ3) is 2.79. The molecule has 2 rings (SSSR count). The van der Waals surface area contributed by atoms with Gasteiger partial charge >= 0.3 is 0 Å². The number of hydrogen-bond acceptors (Lipinski definition) is 2. The monoisotopic (exact) mass is 392 g/mol. The first-order valence-corrected chi connectivity index (χ1v) is 6.54.